The van der Waals surface area contributed by atoms with Crippen molar-refractivity contribution in [3.8, 4) is 17.2 Å². The summed E-state index contributed by atoms with van der Waals surface area (Å²) >= 11 is 6.29. The highest BCUT2D eigenvalue weighted by molar-refractivity contribution is 6.51. The second-order valence-corrected chi connectivity index (χ2v) is 8.85. The first-order chi connectivity index (χ1) is 18.4. The summed E-state index contributed by atoms with van der Waals surface area (Å²) in [5.41, 5.74) is 1.95. The summed E-state index contributed by atoms with van der Waals surface area (Å²) in [4.78, 5) is 35.9. The lowest BCUT2D eigenvalue weighted by Gasteiger charge is -2.24. The zero-order chi connectivity index (χ0) is 27.0. The number of hydrogen-bond acceptors (Lipinski definition) is 7. The van der Waals surface area contributed by atoms with Gasteiger partial charge < -0.3 is 24.3 Å². The third kappa shape index (κ3) is 4.20. The number of aliphatic hydroxyl groups excluding tert-OH is 1. The summed E-state index contributed by atoms with van der Waals surface area (Å²) < 4.78 is 16.4. The molecule has 4 aromatic rings. The smallest absolute Gasteiger partial charge is 0.302 e. The number of anilines is 1. The van der Waals surface area contributed by atoms with Crippen molar-refractivity contribution >= 4 is 46.0 Å². The number of aromatic nitrogens is 2. The number of H-pyrrole nitrogens is 1. The van der Waals surface area contributed by atoms with E-state index in [2.05, 4.69) is 9.97 Å². The lowest BCUT2D eigenvalue weighted by Crippen LogP contribution is -2.30. The minimum absolute atomic E-state index is 0.121. The van der Waals surface area contributed by atoms with Gasteiger partial charge >= 0.3 is 5.91 Å². The predicted octanol–water partition coefficient (Wildman–Crippen LogP) is 5.26. The van der Waals surface area contributed by atoms with Crippen molar-refractivity contribution in [1.82, 2.24) is 9.97 Å². The molecule has 1 saturated heterocycles. The number of imidazole rings is 1. The Balaban J connectivity index is 1.74. The van der Waals surface area contributed by atoms with Crippen molar-refractivity contribution in [2.45, 2.75) is 13.0 Å². The van der Waals surface area contributed by atoms with Crippen molar-refractivity contribution in [3.05, 3.63) is 82.4 Å². The predicted molar refractivity (Wildman–Crippen MR) is 143 cm³/mol. The molecule has 38 heavy (non-hydrogen) atoms. The molecule has 194 valence electrons. The van der Waals surface area contributed by atoms with E-state index in [9.17, 15) is 14.7 Å². The van der Waals surface area contributed by atoms with Gasteiger partial charge in [-0.3, -0.25) is 14.5 Å². The van der Waals surface area contributed by atoms with E-state index in [1.54, 1.807) is 36.4 Å². The van der Waals surface area contributed by atoms with E-state index in [-0.39, 0.29) is 27.9 Å². The Bertz CT molecular complexity index is 1560. The van der Waals surface area contributed by atoms with E-state index in [0.717, 1.165) is 0 Å². The molecule has 3 aromatic carbocycles. The van der Waals surface area contributed by atoms with Crippen LogP contribution in [0.15, 0.2) is 66.2 Å². The number of halogens is 1. The number of amides is 1. The van der Waals surface area contributed by atoms with Crippen LogP contribution in [0.5, 0.6) is 17.2 Å². The molecule has 1 unspecified atom stereocenters. The Morgan fingerprint density at radius 1 is 1.03 bits per heavy atom. The highest BCUT2D eigenvalue weighted by Gasteiger charge is 2.48. The van der Waals surface area contributed by atoms with Gasteiger partial charge in [-0.2, -0.15) is 0 Å². The van der Waals surface area contributed by atoms with Crippen LogP contribution in [-0.4, -0.2) is 47.6 Å². The molecule has 1 fully saturated rings. The van der Waals surface area contributed by atoms with Crippen molar-refractivity contribution in [3.63, 3.8) is 0 Å². The van der Waals surface area contributed by atoms with E-state index in [1.807, 2.05) is 25.1 Å². The number of Topliss-reactive ketones (excluding diaryl/α,β-unsaturated/α-hetero) is 1. The summed E-state index contributed by atoms with van der Waals surface area (Å²) in [6.07, 6.45) is 0. The molecule has 0 radical (unpaired) electrons. The zero-order valence-electron chi connectivity index (χ0n) is 20.8. The number of benzene rings is 3. The lowest BCUT2D eigenvalue weighted by molar-refractivity contribution is -0.132. The third-order valence-corrected chi connectivity index (χ3v) is 6.57. The second-order valence-electron chi connectivity index (χ2n) is 8.44. The number of nitrogens with one attached hydrogen (secondary N) is 1. The second kappa shape index (κ2) is 10.1. The first-order valence-electron chi connectivity index (χ1n) is 11.8. The Labute approximate surface area is 223 Å². The quantitative estimate of drug-likeness (QED) is 0.189. The third-order valence-electron chi connectivity index (χ3n) is 6.28. The number of aliphatic hydroxyl groups is 1. The standard InChI is InChI=1S/C28H24ClN3O6/c1-4-38-22-14-15(9-12-21(22)37-3)24-23(25(33)16-10-11-20(36-2)17(29)13-16)26(34)27(35)32(24)28-30-18-7-5-6-8-19(18)31-28/h5-14,24,33H,4H2,1-3H3,(H,30,31)/b25-23+. The summed E-state index contributed by atoms with van der Waals surface area (Å²) in [7, 11) is 2.99. The molecule has 1 aromatic heterocycles. The molecule has 1 aliphatic rings. The van der Waals surface area contributed by atoms with Crippen LogP contribution in [0.25, 0.3) is 16.8 Å². The summed E-state index contributed by atoms with van der Waals surface area (Å²) in [5.74, 6) is -0.616. The lowest BCUT2D eigenvalue weighted by atomic mass is 9.95. The molecule has 0 aliphatic carbocycles. The molecule has 1 aliphatic heterocycles. The molecule has 2 N–H and O–H groups in total. The number of nitrogens with zero attached hydrogens (tertiary/aromatic N) is 2. The molecule has 1 atom stereocenters. The summed E-state index contributed by atoms with van der Waals surface area (Å²) in [6.45, 7) is 2.20. The van der Waals surface area contributed by atoms with E-state index in [4.69, 9.17) is 25.8 Å². The van der Waals surface area contributed by atoms with E-state index in [1.165, 1.54) is 25.2 Å². The van der Waals surface area contributed by atoms with Crippen LogP contribution >= 0.6 is 11.6 Å². The monoisotopic (exact) mass is 533 g/mol. The topological polar surface area (TPSA) is 114 Å². The van der Waals surface area contributed by atoms with Crippen molar-refractivity contribution in [1.29, 1.82) is 0 Å². The van der Waals surface area contributed by atoms with E-state index >= 15 is 0 Å². The largest absolute Gasteiger partial charge is 0.507 e. The number of carbonyl (C=O) groups excluding carboxylic acids is 2. The first kappa shape index (κ1) is 25.2. The van der Waals surface area contributed by atoms with Gasteiger partial charge in [0, 0.05) is 5.56 Å². The Morgan fingerprint density at radius 2 is 1.76 bits per heavy atom. The van der Waals surface area contributed by atoms with Crippen LogP contribution < -0.4 is 19.1 Å². The van der Waals surface area contributed by atoms with Gasteiger partial charge in [-0.1, -0.05) is 29.8 Å². The van der Waals surface area contributed by atoms with E-state index < -0.39 is 17.7 Å². The molecule has 9 nitrogen and oxygen atoms in total. The Hall–Kier alpha value is -4.50. The molecule has 0 spiro atoms. The zero-order valence-corrected chi connectivity index (χ0v) is 21.6. The number of para-hydroxylation sites is 2. The average molecular weight is 534 g/mol. The molecule has 10 heteroatoms. The number of ketones is 1. The van der Waals surface area contributed by atoms with Crippen LogP contribution in [-0.2, 0) is 9.59 Å². The van der Waals surface area contributed by atoms with Crippen LogP contribution in [0.3, 0.4) is 0 Å². The van der Waals surface area contributed by atoms with Crippen molar-refractivity contribution in [2.24, 2.45) is 0 Å². The number of ether oxygens (including phenoxy) is 3. The molecule has 5 rings (SSSR count). The number of carbonyl (C=O) groups is 2. The van der Waals surface area contributed by atoms with Gasteiger partial charge in [0.1, 0.15) is 11.5 Å². The average Bonchev–Trinajstić information content (AvgIpc) is 3.46. The van der Waals surface area contributed by atoms with Crippen LogP contribution in [0.1, 0.15) is 24.1 Å². The maximum atomic E-state index is 13.5. The van der Waals surface area contributed by atoms with Gasteiger partial charge in [-0.05, 0) is 55.0 Å². The SMILES string of the molecule is CCOc1cc(C2/C(=C(\O)c3ccc(OC)c(Cl)c3)C(=O)C(=O)N2c2nc3ccccc3[nH]2)ccc1OC. The number of aromatic amines is 1. The Morgan fingerprint density at radius 3 is 2.45 bits per heavy atom. The Kier molecular flexibility index (Phi) is 6.69. The normalized spacial score (nSPS) is 16.7. The maximum Gasteiger partial charge on any atom is 0.302 e. The van der Waals surface area contributed by atoms with Gasteiger partial charge in [-0.25, -0.2) is 4.98 Å². The van der Waals surface area contributed by atoms with Gasteiger partial charge in [0.25, 0.3) is 5.78 Å². The van der Waals surface area contributed by atoms with E-state index in [0.29, 0.717) is 40.5 Å². The molecule has 0 saturated carbocycles. The highest BCUT2D eigenvalue weighted by atomic mass is 35.5. The van der Waals surface area contributed by atoms with Crippen LogP contribution in [0.2, 0.25) is 5.02 Å². The molecule has 0 bridgehead atoms. The fourth-order valence-corrected chi connectivity index (χ4v) is 4.78. The minimum Gasteiger partial charge on any atom is -0.507 e. The van der Waals surface area contributed by atoms with Crippen molar-refractivity contribution < 1.29 is 28.9 Å². The summed E-state index contributed by atoms with van der Waals surface area (Å²) in [5, 5.41) is 11.6. The number of methoxy groups -OCH3 is 2. The van der Waals surface area contributed by atoms with Gasteiger partial charge in [0.05, 0.1) is 48.5 Å². The number of hydrogen-bond donors (Lipinski definition) is 2. The first-order valence-corrected chi connectivity index (χ1v) is 12.2. The molecule has 2 heterocycles. The molecular weight excluding hydrogens is 510 g/mol. The fourth-order valence-electron chi connectivity index (χ4n) is 4.52. The number of fused-ring (bicyclic) bond motifs is 1. The maximum absolute atomic E-state index is 13.5. The van der Waals surface area contributed by atoms with Crippen molar-refractivity contribution in [2.75, 3.05) is 25.7 Å². The molecular formula is C28H24ClN3O6. The fraction of sp³-hybridized carbons (Fsp3) is 0.179. The highest BCUT2D eigenvalue weighted by Crippen LogP contribution is 2.44. The number of rotatable bonds is 7. The van der Waals surface area contributed by atoms with Gasteiger partial charge in [0.15, 0.2) is 11.5 Å². The summed E-state index contributed by atoms with van der Waals surface area (Å²) in [6, 6.07) is 15.9. The molecule has 1 amide bonds. The van der Waals surface area contributed by atoms with Gasteiger partial charge in [-0.15, -0.1) is 0 Å². The van der Waals surface area contributed by atoms with Gasteiger partial charge in [0.2, 0.25) is 5.95 Å². The minimum atomic E-state index is -1.03. The van der Waals surface area contributed by atoms with Crippen LogP contribution in [0.4, 0.5) is 5.95 Å². The van der Waals surface area contributed by atoms with Crippen LogP contribution in [0, 0.1) is 0 Å².